The van der Waals surface area contributed by atoms with E-state index in [1.807, 2.05) is 42.8 Å². The van der Waals surface area contributed by atoms with Gasteiger partial charge in [0.25, 0.3) is 0 Å². The number of pyridine rings is 1. The van der Waals surface area contributed by atoms with E-state index in [-0.39, 0.29) is 5.76 Å². The predicted molar refractivity (Wildman–Crippen MR) is 71.5 cm³/mol. The van der Waals surface area contributed by atoms with Gasteiger partial charge in [0.15, 0.2) is 0 Å². The van der Waals surface area contributed by atoms with Crippen LogP contribution in [-0.4, -0.2) is 14.0 Å². The fourth-order valence-corrected chi connectivity index (χ4v) is 2.16. The summed E-state index contributed by atoms with van der Waals surface area (Å²) in [5.74, 6) is 0.327. The summed E-state index contributed by atoms with van der Waals surface area (Å²) < 4.78 is 8.65. The Bertz CT molecular complexity index is 808. The Kier molecular flexibility index (Phi) is 2.55. The summed E-state index contributed by atoms with van der Waals surface area (Å²) >= 11 is 0. The van der Waals surface area contributed by atoms with Gasteiger partial charge in [-0.2, -0.15) is 0 Å². The first-order valence-electron chi connectivity index (χ1n) is 6.15. The van der Waals surface area contributed by atoms with E-state index in [9.17, 15) is 4.79 Å². The maximum Gasteiger partial charge on any atom is 0.419 e. The van der Waals surface area contributed by atoms with Crippen LogP contribution >= 0.6 is 0 Å². The van der Waals surface area contributed by atoms with Crippen molar-refractivity contribution in [1.82, 2.24) is 14.0 Å². The van der Waals surface area contributed by atoms with Gasteiger partial charge in [-0.1, -0.05) is 6.07 Å². The van der Waals surface area contributed by atoms with Crippen molar-refractivity contribution in [3.05, 3.63) is 57.8 Å². The van der Waals surface area contributed by atoms with Crippen molar-refractivity contribution < 1.29 is 4.42 Å². The second kappa shape index (κ2) is 4.12. The third-order valence-corrected chi connectivity index (χ3v) is 3.34. The zero-order valence-corrected chi connectivity index (χ0v) is 11.2. The van der Waals surface area contributed by atoms with Crippen molar-refractivity contribution in [1.29, 1.82) is 0 Å². The number of rotatable bonds is 2. The van der Waals surface area contributed by atoms with Crippen molar-refractivity contribution >= 4 is 5.65 Å². The topological polar surface area (TPSA) is 52.4 Å². The van der Waals surface area contributed by atoms with Crippen molar-refractivity contribution in [2.75, 3.05) is 0 Å². The lowest BCUT2D eigenvalue weighted by atomic mass is 10.3. The number of fused-ring (bicyclic) bond motifs is 1. The molecule has 0 N–H and O–H groups in total. The van der Waals surface area contributed by atoms with E-state index in [2.05, 4.69) is 4.98 Å². The lowest BCUT2D eigenvalue weighted by Gasteiger charge is -1.98. The van der Waals surface area contributed by atoms with E-state index in [0.717, 1.165) is 17.0 Å². The molecule has 0 aliphatic heterocycles. The Balaban J connectivity index is 2.03. The number of imidazole rings is 1. The number of aromatic nitrogens is 3. The summed E-state index contributed by atoms with van der Waals surface area (Å²) in [5.41, 5.74) is 3.74. The molecule has 3 heterocycles. The molecule has 0 amide bonds. The highest BCUT2D eigenvalue weighted by atomic mass is 16.4. The average molecular weight is 257 g/mol. The van der Waals surface area contributed by atoms with Crippen molar-refractivity contribution in [2.45, 2.75) is 27.3 Å². The predicted octanol–water partition coefficient (Wildman–Crippen LogP) is 2.06. The third-order valence-electron chi connectivity index (χ3n) is 3.34. The van der Waals surface area contributed by atoms with E-state index in [0.29, 0.717) is 12.3 Å². The summed E-state index contributed by atoms with van der Waals surface area (Å²) in [5, 5.41) is 0. The number of hydrogen-bond donors (Lipinski definition) is 0. The van der Waals surface area contributed by atoms with Crippen molar-refractivity contribution in [3.8, 4) is 0 Å². The van der Waals surface area contributed by atoms with Gasteiger partial charge in [0.05, 0.1) is 17.9 Å². The Hall–Kier alpha value is -2.30. The molecule has 19 heavy (non-hydrogen) atoms. The maximum absolute atomic E-state index is 11.7. The van der Waals surface area contributed by atoms with Crippen LogP contribution in [0.5, 0.6) is 0 Å². The molecule has 0 fully saturated rings. The molecule has 0 unspecified atom stereocenters. The Morgan fingerprint density at radius 1 is 1.21 bits per heavy atom. The van der Waals surface area contributed by atoms with Gasteiger partial charge in [0.1, 0.15) is 11.4 Å². The Morgan fingerprint density at radius 3 is 2.68 bits per heavy atom. The fraction of sp³-hybridized carbons (Fsp3) is 0.286. The first-order valence-corrected chi connectivity index (χ1v) is 6.15. The van der Waals surface area contributed by atoms with Crippen LogP contribution < -0.4 is 5.76 Å². The Morgan fingerprint density at radius 2 is 2.00 bits per heavy atom. The molecule has 0 aliphatic carbocycles. The minimum Gasteiger partial charge on any atom is -0.413 e. The molecule has 5 nitrogen and oxygen atoms in total. The second-order valence-corrected chi connectivity index (χ2v) is 4.80. The molecule has 0 saturated carbocycles. The summed E-state index contributed by atoms with van der Waals surface area (Å²) in [6.45, 7) is 6.14. The van der Waals surface area contributed by atoms with Gasteiger partial charge in [0.2, 0.25) is 0 Å². The molecular weight excluding hydrogens is 242 g/mol. The molecule has 0 saturated heterocycles. The summed E-state index contributed by atoms with van der Waals surface area (Å²) in [6.07, 6.45) is 3.96. The maximum atomic E-state index is 11.7. The highest BCUT2D eigenvalue weighted by Crippen LogP contribution is 2.10. The highest BCUT2D eigenvalue weighted by molar-refractivity contribution is 5.41. The normalized spacial score (nSPS) is 11.3. The van der Waals surface area contributed by atoms with Gasteiger partial charge < -0.3 is 8.82 Å². The van der Waals surface area contributed by atoms with E-state index >= 15 is 0 Å². The molecule has 98 valence electrons. The lowest BCUT2D eigenvalue weighted by Crippen LogP contribution is -2.16. The van der Waals surface area contributed by atoms with Gasteiger partial charge in [-0.05, 0) is 32.4 Å². The average Bonchev–Trinajstić information content (AvgIpc) is 2.85. The molecule has 0 aliphatic rings. The van der Waals surface area contributed by atoms with Gasteiger partial charge >= 0.3 is 5.76 Å². The highest BCUT2D eigenvalue weighted by Gasteiger charge is 2.11. The van der Waals surface area contributed by atoms with E-state index in [1.54, 1.807) is 11.5 Å². The quantitative estimate of drug-likeness (QED) is 0.706. The molecule has 0 radical (unpaired) electrons. The third kappa shape index (κ3) is 1.97. The number of nitrogens with zero attached hydrogens (tertiary/aromatic N) is 3. The number of hydrogen-bond acceptors (Lipinski definition) is 3. The lowest BCUT2D eigenvalue weighted by molar-refractivity contribution is 0.465. The van der Waals surface area contributed by atoms with Crippen LogP contribution in [-0.2, 0) is 6.54 Å². The van der Waals surface area contributed by atoms with Crippen LogP contribution in [0, 0.1) is 20.8 Å². The molecule has 0 atom stereocenters. The zero-order chi connectivity index (χ0) is 13.6. The number of oxazole rings is 1. The van der Waals surface area contributed by atoms with Crippen LogP contribution in [0.1, 0.15) is 22.7 Å². The summed E-state index contributed by atoms with van der Waals surface area (Å²) in [7, 11) is 0. The van der Waals surface area contributed by atoms with E-state index in [4.69, 9.17) is 4.42 Å². The van der Waals surface area contributed by atoms with E-state index < -0.39 is 0 Å². The van der Waals surface area contributed by atoms with Gasteiger partial charge in [-0.25, -0.2) is 9.78 Å². The molecule has 5 heteroatoms. The summed E-state index contributed by atoms with van der Waals surface area (Å²) in [6, 6.07) is 3.99. The van der Waals surface area contributed by atoms with Crippen LogP contribution in [0.3, 0.4) is 0 Å². The van der Waals surface area contributed by atoms with Crippen molar-refractivity contribution in [3.63, 3.8) is 0 Å². The Labute approximate surface area is 110 Å². The molecule has 0 spiro atoms. The molecule has 3 rings (SSSR count). The minimum absolute atomic E-state index is 0.330. The minimum atomic E-state index is -0.330. The smallest absolute Gasteiger partial charge is 0.413 e. The number of aryl methyl sites for hydroxylation is 2. The van der Waals surface area contributed by atoms with Gasteiger partial charge in [-0.3, -0.25) is 4.57 Å². The fourth-order valence-electron chi connectivity index (χ4n) is 2.16. The second-order valence-electron chi connectivity index (χ2n) is 4.80. The first kappa shape index (κ1) is 11.8. The summed E-state index contributed by atoms with van der Waals surface area (Å²) in [4.78, 5) is 16.2. The van der Waals surface area contributed by atoms with Crippen LogP contribution in [0.2, 0.25) is 0 Å². The SMILES string of the molecule is Cc1ccc2nc(Cn3c(C)c(C)oc3=O)cn2c1. The first-order chi connectivity index (χ1) is 9.04. The molecular formula is C14H15N3O2. The van der Waals surface area contributed by atoms with Crippen LogP contribution in [0.25, 0.3) is 5.65 Å². The monoisotopic (exact) mass is 257 g/mol. The van der Waals surface area contributed by atoms with Gasteiger partial charge in [-0.15, -0.1) is 0 Å². The largest absolute Gasteiger partial charge is 0.419 e. The van der Waals surface area contributed by atoms with Gasteiger partial charge in [0, 0.05) is 12.4 Å². The zero-order valence-electron chi connectivity index (χ0n) is 11.2. The molecule has 3 aromatic rings. The van der Waals surface area contributed by atoms with Crippen LogP contribution in [0.15, 0.2) is 33.7 Å². The molecule has 0 bridgehead atoms. The molecule has 0 aromatic carbocycles. The standard InChI is InChI=1S/C14H15N3O2/c1-9-4-5-13-15-12(7-16(13)6-9)8-17-10(2)11(3)19-14(17)18/h4-7H,8H2,1-3H3. The molecule has 3 aromatic heterocycles. The van der Waals surface area contributed by atoms with Crippen LogP contribution in [0.4, 0.5) is 0 Å². The van der Waals surface area contributed by atoms with Crippen molar-refractivity contribution in [2.24, 2.45) is 0 Å². The van der Waals surface area contributed by atoms with E-state index in [1.165, 1.54) is 5.56 Å².